The fraction of sp³-hybridized carbons (Fsp3) is 0.364. The van der Waals surface area contributed by atoms with Crippen molar-refractivity contribution < 1.29 is 9.59 Å². The van der Waals surface area contributed by atoms with Gasteiger partial charge in [-0.05, 0) is 37.1 Å². The van der Waals surface area contributed by atoms with Crippen molar-refractivity contribution in [2.24, 2.45) is 0 Å². The van der Waals surface area contributed by atoms with E-state index in [2.05, 4.69) is 31.0 Å². The lowest BCUT2D eigenvalue weighted by Crippen LogP contribution is -2.27. The van der Waals surface area contributed by atoms with E-state index in [9.17, 15) is 9.59 Å². The van der Waals surface area contributed by atoms with E-state index in [4.69, 9.17) is 0 Å². The second kappa shape index (κ2) is 12.4. The van der Waals surface area contributed by atoms with Gasteiger partial charge in [-0.1, -0.05) is 48.5 Å². The van der Waals surface area contributed by atoms with Crippen LogP contribution in [0.1, 0.15) is 25.7 Å². The van der Waals surface area contributed by atoms with Crippen LogP contribution in [-0.4, -0.2) is 65.6 Å². The number of hydrogen-bond acceptors (Lipinski definition) is 8. The molecule has 10 nitrogen and oxygen atoms in total. The summed E-state index contributed by atoms with van der Waals surface area (Å²) in [6.45, 7) is 1.30. The molecule has 12 heteroatoms. The molecular weight excluding hydrogens is 472 g/mol. The van der Waals surface area contributed by atoms with Crippen LogP contribution >= 0.6 is 23.5 Å². The van der Waals surface area contributed by atoms with Crippen molar-refractivity contribution >= 4 is 46.6 Å². The number of hydrogen-bond donors (Lipinski definition) is 2. The molecule has 178 valence electrons. The standard InChI is InChI=1S/C22H26N8O2S2/c31-19(15-33-21-27-25-17-9-3-7-13-29(17)21)23-11-5-1-2-6-12-24-20(32)16-34-22-28-26-18-10-4-8-14-30(18)22/h3-4,7-10,13-14H,1-2,5-6,11-12,15-16H2,(H,23,31)(H,24,32). The maximum Gasteiger partial charge on any atom is 0.230 e. The number of rotatable bonds is 13. The third-order valence-electron chi connectivity index (χ3n) is 4.98. The van der Waals surface area contributed by atoms with Crippen molar-refractivity contribution in [1.82, 2.24) is 39.8 Å². The van der Waals surface area contributed by atoms with Crippen LogP contribution in [0.5, 0.6) is 0 Å². The third kappa shape index (κ3) is 6.70. The van der Waals surface area contributed by atoms with Gasteiger partial charge >= 0.3 is 0 Å². The first kappa shape index (κ1) is 24.0. The Morgan fingerprint density at radius 1 is 0.676 bits per heavy atom. The average Bonchev–Trinajstić information content (AvgIpc) is 3.47. The highest BCUT2D eigenvalue weighted by molar-refractivity contribution is 8.00. The number of pyridine rings is 2. The molecule has 4 rings (SSSR count). The molecule has 4 aromatic rings. The van der Waals surface area contributed by atoms with E-state index in [-0.39, 0.29) is 11.8 Å². The summed E-state index contributed by atoms with van der Waals surface area (Å²) in [6, 6.07) is 11.4. The molecule has 4 heterocycles. The molecule has 0 bridgehead atoms. The highest BCUT2D eigenvalue weighted by Crippen LogP contribution is 2.17. The summed E-state index contributed by atoms with van der Waals surface area (Å²) in [5.74, 6) is 0.597. The number of nitrogens with zero attached hydrogens (tertiary/aromatic N) is 6. The van der Waals surface area contributed by atoms with E-state index < -0.39 is 0 Å². The van der Waals surface area contributed by atoms with E-state index in [1.807, 2.05) is 57.6 Å². The average molecular weight is 499 g/mol. The molecule has 2 N–H and O–H groups in total. The Labute approximate surface area is 205 Å². The van der Waals surface area contributed by atoms with Gasteiger partial charge in [0.15, 0.2) is 21.6 Å². The minimum atomic E-state index is -0.0112. The molecule has 4 aromatic heterocycles. The molecule has 0 aliphatic carbocycles. The van der Waals surface area contributed by atoms with Gasteiger partial charge in [-0.3, -0.25) is 18.4 Å². The summed E-state index contributed by atoms with van der Waals surface area (Å²) >= 11 is 2.74. The molecule has 0 atom stereocenters. The zero-order chi connectivity index (χ0) is 23.6. The van der Waals surface area contributed by atoms with Crippen LogP contribution in [0.2, 0.25) is 0 Å². The summed E-state index contributed by atoms with van der Waals surface area (Å²) in [5.41, 5.74) is 1.54. The fourth-order valence-corrected chi connectivity index (χ4v) is 4.77. The van der Waals surface area contributed by atoms with Crippen molar-refractivity contribution in [3.8, 4) is 0 Å². The zero-order valence-electron chi connectivity index (χ0n) is 18.6. The van der Waals surface area contributed by atoms with Gasteiger partial charge in [0.2, 0.25) is 11.8 Å². The number of carbonyl (C=O) groups excluding carboxylic acids is 2. The number of amides is 2. The fourth-order valence-electron chi connectivity index (χ4n) is 3.26. The van der Waals surface area contributed by atoms with Gasteiger partial charge in [0.05, 0.1) is 11.5 Å². The maximum atomic E-state index is 12.1. The highest BCUT2D eigenvalue weighted by Gasteiger charge is 2.09. The van der Waals surface area contributed by atoms with Gasteiger partial charge < -0.3 is 10.6 Å². The summed E-state index contributed by atoms with van der Waals surface area (Å²) in [7, 11) is 0. The topological polar surface area (TPSA) is 119 Å². The van der Waals surface area contributed by atoms with Crippen LogP contribution in [-0.2, 0) is 9.59 Å². The first-order valence-corrected chi connectivity index (χ1v) is 13.1. The maximum absolute atomic E-state index is 12.1. The summed E-state index contributed by atoms with van der Waals surface area (Å²) in [6.07, 6.45) is 7.59. The van der Waals surface area contributed by atoms with Gasteiger partial charge in [0.1, 0.15) is 0 Å². The molecular formula is C22H26N8O2S2. The highest BCUT2D eigenvalue weighted by atomic mass is 32.2. The van der Waals surface area contributed by atoms with Gasteiger partial charge in [-0.2, -0.15) is 0 Å². The molecule has 2 amide bonds. The Balaban J connectivity index is 1.01. The third-order valence-corrected chi connectivity index (χ3v) is 6.86. The Hall–Kier alpha value is -3.12. The van der Waals surface area contributed by atoms with Gasteiger partial charge in [-0.25, -0.2) is 0 Å². The van der Waals surface area contributed by atoms with Gasteiger partial charge in [0.25, 0.3) is 0 Å². The number of carbonyl (C=O) groups is 2. The van der Waals surface area contributed by atoms with Crippen LogP contribution < -0.4 is 10.6 Å². The monoisotopic (exact) mass is 498 g/mol. The molecule has 0 aromatic carbocycles. The molecule has 0 spiro atoms. The normalized spacial score (nSPS) is 11.2. The minimum absolute atomic E-state index is 0.0112. The molecule has 34 heavy (non-hydrogen) atoms. The zero-order valence-corrected chi connectivity index (χ0v) is 20.2. The first-order valence-electron chi connectivity index (χ1n) is 11.1. The number of nitrogens with one attached hydrogen (secondary N) is 2. The largest absolute Gasteiger partial charge is 0.355 e. The molecule has 0 radical (unpaired) electrons. The van der Waals surface area contributed by atoms with Crippen molar-refractivity contribution in [3.05, 3.63) is 48.8 Å². The SMILES string of the molecule is O=C(CSc1nnc2ccccn12)NCCCCCCNC(=O)CSc1nnc2ccccn12. The smallest absolute Gasteiger partial charge is 0.230 e. The lowest BCUT2D eigenvalue weighted by Gasteiger charge is -2.06. The van der Waals surface area contributed by atoms with Gasteiger partial charge in [0, 0.05) is 25.5 Å². The van der Waals surface area contributed by atoms with Crippen LogP contribution in [0, 0.1) is 0 Å². The number of thioether (sulfide) groups is 2. The summed E-state index contributed by atoms with van der Waals surface area (Å²) in [5, 5.41) is 23.7. The molecule has 0 saturated heterocycles. The van der Waals surface area contributed by atoms with E-state index in [0.717, 1.165) is 37.0 Å². The second-order valence-electron chi connectivity index (χ2n) is 7.51. The molecule has 0 aliphatic heterocycles. The van der Waals surface area contributed by atoms with Crippen LogP contribution in [0.15, 0.2) is 59.1 Å². The number of aromatic nitrogens is 6. The second-order valence-corrected chi connectivity index (χ2v) is 9.40. The molecule has 0 aliphatic rings. The lowest BCUT2D eigenvalue weighted by atomic mass is 10.2. The molecule has 0 unspecified atom stereocenters. The van der Waals surface area contributed by atoms with Crippen molar-refractivity contribution in [2.45, 2.75) is 36.0 Å². The van der Waals surface area contributed by atoms with Gasteiger partial charge in [-0.15, -0.1) is 20.4 Å². The molecule has 0 saturated carbocycles. The first-order chi connectivity index (χ1) is 16.7. The quantitative estimate of drug-likeness (QED) is 0.213. The number of fused-ring (bicyclic) bond motifs is 2. The van der Waals surface area contributed by atoms with Crippen molar-refractivity contribution in [1.29, 1.82) is 0 Å². The Morgan fingerprint density at radius 3 is 1.62 bits per heavy atom. The van der Waals surface area contributed by atoms with E-state index >= 15 is 0 Å². The van der Waals surface area contributed by atoms with Crippen LogP contribution in [0.4, 0.5) is 0 Å². The van der Waals surface area contributed by atoms with Crippen molar-refractivity contribution in [2.75, 3.05) is 24.6 Å². The van der Waals surface area contributed by atoms with Crippen molar-refractivity contribution in [3.63, 3.8) is 0 Å². The summed E-state index contributed by atoms with van der Waals surface area (Å²) in [4.78, 5) is 24.1. The summed E-state index contributed by atoms with van der Waals surface area (Å²) < 4.78 is 3.73. The Bertz CT molecular complexity index is 1150. The Morgan fingerprint density at radius 2 is 1.15 bits per heavy atom. The predicted octanol–water partition coefficient (Wildman–Crippen LogP) is 2.45. The lowest BCUT2D eigenvalue weighted by molar-refractivity contribution is -0.119. The minimum Gasteiger partial charge on any atom is -0.355 e. The number of unbranched alkanes of at least 4 members (excludes halogenated alkanes) is 3. The van der Waals surface area contributed by atoms with E-state index in [1.54, 1.807) is 0 Å². The Kier molecular flexibility index (Phi) is 8.74. The van der Waals surface area contributed by atoms with E-state index in [0.29, 0.717) is 34.9 Å². The van der Waals surface area contributed by atoms with E-state index in [1.165, 1.54) is 23.5 Å². The predicted molar refractivity (Wildman–Crippen MR) is 132 cm³/mol. The van der Waals surface area contributed by atoms with Crippen LogP contribution in [0.25, 0.3) is 11.3 Å². The van der Waals surface area contributed by atoms with Crippen LogP contribution in [0.3, 0.4) is 0 Å². The molecule has 0 fully saturated rings.